The predicted octanol–water partition coefficient (Wildman–Crippen LogP) is 4.56. The SMILES string of the molecule is NC1=N[C@H]([C@@H](O)c2ccccc2)[C@H](c2ccc(-c3ccccc3)cc2)S1. The molecular weight excluding hydrogens is 340 g/mol. The van der Waals surface area contributed by atoms with E-state index in [9.17, 15) is 5.11 Å². The van der Waals surface area contributed by atoms with Gasteiger partial charge in [0.1, 0.15) is 6.10 Å². The van der Waals surface area contributed by atoms with E-state index in [-0.39, 0.29) is 11.3 Å². The lowest BCUT2D eigenvalue weighted by Gasteiger charge is -2.23. The predicted molar refractivity (Wildman–Crippen MR) is 109 cm³/mol. The van der Waals surface area contributed by atoms with Gasteiger partial charge >= 0.3 is 0 Å². The third kappa shape index (κ3) is 3.39. The average Bonchev–Trinajstić information content (AvgIpc) is 3.10. The van der Waals surface area contributed by atoms with E-state index in [1.54, 1.807) is 0 Å². The van der Waals surface area contributed by atoms with Gasteiger partial charge in [-0.3, -0.25) is 4.99 Å². The lowest BCUT2D eigenvalue weighted by molar-refractivity contribution is 0.147. The summed E-state index contributed by atoms with van der Waals surface area (Å²) in [5, 5.41) is 11.4. The highest BCUT2D eigenvalue weighted by atomic mass is 32.2. The molecule has 3 aromatic carbocycles. The third-order valence-electron chi connectivity index (χ3n) is 4.65. The number of aliphatic imine (C=N–C) groups is 1. The van der Waals surface area contributed by atoms with E-state index in [1.807, 2.05) is 48.5 Å². The Kier molecular flexibility index (Phi) is 4.78. The van der Waals surface area contributed by atoms with Crippen LogP contribution in [-0.4, -0.2) is 16.3 Å². The molecule has 0 unspecified atom stereocenters. The third-order valence-corrected chi connectivity index (χ3v) is 5.80. The Morgan fingerprint density at radius 2 is 1.38 bits per heavy atom. The zero-order chi connectivity index (χ0) is 17.9. The molecule has 1 aliphatic rings. The van der Waals surface area contributed by atoms with Gasteiger partial charge in [-0.1, -0.05) is 96.7 Å². The Bertz CT molecular complexity index is 894. The normalized spacial score (nSPS) is 20.6. The summed E-state index contributed by atoms with van der Waals surface area (Å²) in [4.78, 5) is 4.51. The molecule has 3 N–H and O–H groups in total. The molecule has 0 aromatic heterocycles. The van der Waals surface area contributed by atoms with E-state index in [0.29, 0.717) is 5.17 Å². The first-order valence-electron chi connectivity index (χ1n) is 8.61. The molecule has 0 spiro atoms. The monoisotopic (exact) mass is 360 g/mol. The second-order valence-corrected chi connectivity index (χ2v) is 7.50. The molecule has 0 aliphatic carbocycles. The summed E-state index contributed by atoms with van der Waals surface area (Å²) in [6, 6.07) is 28.1. The van der Waals surface area contributed by atoms with Crippen molar-refractivity contribution in [3.05, 3.63) is 96.1 Å². The van der Waals surface area contributed by atoms with Gasteiger partial charge in [0.2, 0.25) is 0 Å². The van der Waals surface area contributed by atoms with Crippen LogP contribution in [0.3, 0.4) is 0 Å². The van der Waals surface area contributed by atoms with E-state index >= 15 is 0 Å². The number of rotatable bonds is 4. The smallest absolute Gasteiger partial charge is 0.155 e. The number of thioether (sulfide) groups is 1. The fourth-order valence-corrected chi connectivity index (χ4v) is 4.37. The molecule has 3 atom stereocenters. The van der Waals surface area contributed by atoms with Crippen LogP contribution in [0.15, 0.2) is 89.9 Å². The standard InChI is InChI=1S/C22H20N2OS/c23-22-24-19(20(25)17-9-5-2-6-10-17)21(26-22)18-13-11-16(12-14-18)15-7-3-1-4-8-15/h1-14,19-21,25H,(H2,23,24)/t19-,20+,21+/m1/s1. The molecule has 1 heterocycles. The van der Waals surface area contributed by atoms with Crippen LogP contribution < -0.4 is 5.73 Å². The molecule has 3 nitrogen and oxygen atoms in total. The fraction of sp³-hybridized carbons (Fsp3) is 0.136. The molecule has 0 fully saturated rings. The van der Waals surface area contributed by atoms with E-state index in [1.165, 1.54) is 22.9 Å². The molecule has 4 rings (SSSR count). The molecule has 130 valence electrons. The van der Waals surface area contributed by atoms with Crippen molar-refractivity contribution < 1.29 is 5.11 Å². The maximum atomic E-state index is 10.8. The zero-order valence-electron chi connectivity index (χ0n) is 14.2. The van der Waals surface area contributed by atoms with Gasteiger partial charge in [0.05, 0.1) is 11.3 Å². The summed E-state index contributed by atoms with van der Waals surface area (Å²) >= 11 is 1.52. The van der Waals surface area contributed by atoms with Gasteiger partial charge in [0, 0.05) is 0 Å². The fourth-order valence-electron chi connectivity index (χ4n) is 3.29. The van der Waals surface area contributed by atoms with Crippen LogP contribution in [0.1, 0.15) is 22.5 Å². The molecule has 0 saturated heterocycles. The molecule has 0 radical (unpaired) electrons. The summed E-state index contributed by atoms with van der Waals surface area (Å²) in [5.41, 5.74) is 10.3. The van der Waals surface area contributed by atoms with Gasteiger partial charge < -0.3 is 10.8 Å². The van der Waals surface area contributed by atoms with Crippen LogP contribution >= 0.6 is 11.8 Å². The number of aliphatic hydroxyl groups is 1. The van der Waals surface area contributed by atoms with Gasteiger partial charge in [-0.05, 0) is 22.3 Å². The Hall–Kier alpha value is -2.56. The number of nitrogens with two attached hydrogens (primary N) is 1. The quantitative estimate of drug-likeness (QED) is 0.717. The first-order valence-corrected chi connectivity index (χ1v) is 9.48. The Balaban J connectivity index is 1.60. The summed E-state index contributed by atoms with van der Waals surface area (Å²) in [7, 11) is 0. The van der Waals surface area contributed by atoms with Crippen LogP contribution in [-0.2, 0) is 0 Å². The number of hydrogen-bond donors (Lipinski definition) is 2. The molecule has 26 heavy (non-hydrogen) atoms. The van der Waals surface area contributed by atoms with Gasteiger partial charge in [-0.25, -0.2) is 0 Å². The number of nitrogens with zero attached hydrogens (tertiary/aromatic N) is 1. The van der Waals surface area contributed by atoms with Crippen molar-refractivity contribution in [2.75, 3.05) is 0 Å². The van der Waals surface area contributed by atoms with E-state index in [0.717, 1.165) is 11.1 Å². The van der Waals surface area contributed by atoms with Crippen molar-refractivity contribution >= 4 is 16.9 Å². The summed E-state index contributed by atoms with van der Waals surface area (Å²) in [6.07, 6.45) is -0.677. The number of aliphatic hydroxyl groups excluding tert-OH is 1. The van der Waals surface area contributed by atoms with Crippen molar-refractivity contribution in [1.82, 2.24) is 0 Å². The minimum atomic E-state index is -0.677. The van der Waals surface area contributed by atoms with Gasteiger partial charge in [-0.15, -0.1) is 0 Å². The second kappa shape index (κ2) is 7.36. The van der Waals surface area contributed by atoms with Crippen LogP contribution in [0, 0.1) is 0 Å². The molecule has 4 heteroatoms. The van der Waals surface area contributed by atoms with Crippen molar-refractivity contribution in [1.29, 1.82) is 0 Å². The summed E-state index contributed by atoms with van der Waals surface area (Å²) in [5.74, 6) is 0. The van der Waals surface area contributed by atoms with Crippen LogP contribution in [0.4, 0.5) is 0 Å². The largest absolute Gasteiger partial charge is 0.386 e. The molecule has 3 aromatic rings. The van der Waals surface area contributed by atoms with Crippen molar-refractivity contribution in [3.63, 3.8) is 0 Å². The van der Waals surface area contributed by atoms with E-state index < -0.39 is 6.10 Å². The maximum Gasteiger partial charge on any atom is 0.155 e. The summed E-state index contributed by atoms with van der Waals surface area (Å²) < 4.78 is 0. The Morgan fingerprint density at radius 1 is 0.808 bits per heavy atom. The Morgan fingerprint density at radius 3 is 2.04 bits per heavy atom. The topological polar surface area (TPSA) is 58.6 Å². The zero-order valence-corrected chi connectivity index (χ0v) is 15.0. The van der Waals surface area contributed by atoms with E-state index in [4.69, 9.17) is 5.73 Å². The molecule has 1 aliphatic heterocycles. The van der Waals surface area contributed by atoms with Crippen molar-refractivity contribution in [2.24, 2.45) is 10.7 Å². The van der Waals surface area contributed by atoms with Gasteiger partial charge in [-0.2, -0.15) is 0 Å². The van der Waals surface area contributed by atoms with Gasteiger partial charge in [0.25, 0.3) is 0 Å². The second-order valence-electron chi connectivity index (χ2n) is 6.34. The van der Waals surface area contributed by atoms with Crippen molar-refractivity contribution in [3.8, 4) is 11.1 Å². The molecule has 0 saturated carbocycles. The van der Waals surface area contributed by atoms with Crippen LogP contribution in [0.2, 0.25) is 0 Å². The molecule has 0 bridgehead atoms. The van der Waals surface area contributed by atoms with Gasteiger partial charge in [0.15, 0.2) is 5.17 Å². The highest BCUT2D eigenvalue weighted by Gasteiger charge is 2.36. The average molecular weight is 360 g/mol. The highest BCUT2D eigenvalue weighted by Crippen LogP contribution is 2.44. The molecular formula is C22H20N2OS. The number of benzene rings is 3. The minimum absolute atomic E-state index is 0.00929. The minimum Gasteiger partial charge on any atom is -0.386 e. The maximum absolute atomic E-state index is 10.8. The molecule has 0 amide bonds. The first kappa shape index (κ1) is 16.9. The first-order chi connectivity index (χ1) is 12.7. The Labute approximate surface area is 157 Å². The summed E-state index contributed by atoms with van der Waals surface area (Å²) in [6.45, 7) is 0. The van der Waals surface area contributed by atoms with Crippen molar-refractivity contribution in [2.45, 2.75) is 17.4 Å². The lowest BCUT2D eigenvalue weighted by atomic mass is 9.95. The highest BCUT2D eigenvalue weighted by molar-refractivity contribution is 8.14. The lowest BCUT2D eigenvalue weighted by Crippen LogP contribution is -2.20. The number of amidine groups is 1. The van der Waals surface area contributed by atoms with E-state index in [2.05, 4.69) is 41.4 Å². The number of hydrogen-bond acceptors (Lipinski definition) is 4. The van der Waals surface area contributed by atoms with Crippen LogP contribution in [0.5, 0.6) is 0 Å². The van der Waals surface area contributed by atoms with Crippen LogP contribution in [0.25, 0.3) is 11.1 Å².